The molecule has 9 heteroatoms. The summed E-state index contributed by atoms with van der Waals surface area (Å²) >= 11 is 6.50. The molecule has 2 aromatic heterocycles. The van der Waals surface area contributed by atoms with Crippen molar-refractivity contribution in [2.45, 2.75) is 57.9 Å². The molecule has 3 heterocycles. The van der Waals surface area contributed by atoms with Gasteiger partial charge in [0.1, 0.15) is 6.61 Å². The average molecular weight is 519 g/mol. The van der Waals surface area contributed by atoms with Crippen molar-refractivity contribution in [3.63, 3.8) is 0 Å². The number of halogens is 2. The van der Waals surface area contributed by atoms with E-state index in [0.29, 0.717) is 23.2 Å². The molecule has 2 aromatic rings. The second-order valence-corrected chi connectivity index (χ2v) is 10.8. The van der Waals surface area contributed by atoms with Gasteiger partial charge in [-0.3, -0.25) is 9.78 Å². The number of anilines is 1. The van der Waals surface area contributed by atoms with E-state index in [2.05, 4.69) is 27.5 Å². The van der Waals surface area contributed by atoms with Crippen LogP contribution in [0.15, 0.2) is 24.4 Å². The van der Waals surface area contributed by atoms with Gasteiger partial charge in [0.2, 0.25) is 5.91 Å². The summed E-state index contributed by atoms with van der Waals surface area (Å²) in [6.07, 6.45) is 8.28. The zero-order valence-electron chi connectivity index (χ0n) is 21.1. The summed E-state index contributed by atoms with van der Waals surface area (Å²) < 4.78 is 24.9. The SMILES string of the molecule is COCC(=O)NC1CCC(Cc2cc(-c3ccc(F)c(NCC4(C)CCOCC4)n3)c(Cl)cn2)CC1. The fourth-order valence-electron chi connectivity index (χ4n) is 5.05. The van der Waals surface area contributed by atoms with Gasteiger partial charge >= 0.3 is 0 Å². The van der Waals surface area contributed by atoms with E-state index in [9.17, 15) is 9.18 Å². The lowest BCUT2D eigenvalue weighted by Gasteiger charge is -2.33. The lowest BCUT2D eigenvalue weighted by Crippen LogP contribution is -2.39. The van der Waals surface area contributed by atoms with E-state index in [1.807, 2.05) is 6.07 Å². The second kappa shape index (κ2) is 12.3. The van der Waals surface area contributed by atoms with Crippen LogP contribution in [0.4, 0.5) is 10.2 Å². The van der Waals surface area contributed by atoms with Gasteiger partial charge in [-0.2, -0.15) is 0 Å². The van der Waals surface area contributed by atoms with Crippen LogP contribution in [0.5, 0.6) is 0 Å². The van der Waals surface area contributed by atoms with Crippen LogP contribution in [0.1, 0.15) is 51.1 Å². The molecule has 196 valence electrons. The molecule has 4 rings (SSSR count). The topological polar surface area (TPSA) is 85.4 Å². The Labute approximate surface area is 217 Å². The quantitative estimate of drug-likeness (QED) is 0.484. The van der Waals surface area contributed by atoms with Crippen LogP contribution >= 0.6 is 11.6 Å². The molecule has 0 aromatic carbocycles. The number of nitrogens with zero attached hydrogens (tertiary/aromatic N) is 2. The molecular formula is C27H36ClFN4O3. The van der Waals surface area contributed by atoms with E-state index in [1.165, 1.54) is 13.2 Å². The van der Waals surface area contributed by atoms with E-state index >= 15 is 0 Å². The fraction of sp³-hybridized carbons (Fsp3) is 0.593. The number of hydrogen-bond acceptors (Lipinski definition) is 6. The van der Waals surface area contributed by atoms with Crippen molar-refractivity contribution >= 4 is 23.3 Å². The zero-order valence-corrected chi connectivity index (χ0v) is 21.9. The van der Waals surface area contributed by atoms with Gasteiger partial charge in [-0.1, -0.05) is 18.5 Å². The van der Waals surface area contributed by atoms with Gasteiger partial charge in [0.15, 0.2) is 11.6 Å². The molecule has 0 atom stereocenters. The molecule has 7 nitrogen and oxygen atoms in total. The highest BCUT2D eigenvalue weighted by Gasteiger charge is 2.28. The van der Waals surface area contributed by atoms with Crippen LogP contribution in [0.2, 0.25) is 5.02 Å². The standard InChI is InChI=1S/C27H36ClFN4O3/c1-27(9-11-36-12-10-27)17-31-26-23(29)7-8-24(33-26)21-14-20(30-15-22(21)28)13-18-3-5-19(6-4-18)32-25(34)16-35-2/h7-8,14-15,18-19H,3-6,9-13,16-17H2,1-2H3,(H,31,33)(H,32,34). The fourth-order valence-corrected chi connectivity index (χ4v) is 5.25. The number of rotatable bonds is 9. The molecule has 36 heavy (non-hydrogen) atoms. The van der Waals surface area contributed by atoms with Crippen molar-refractivity contribution in [1.29, 1.82) is 0 Å². The highest BCUT2D eigenvalue weighted by atomic mass is 35.5. The Morgan fingerprint density at radius 3 is 2.72 bits per heavy atom. The Balaban J connectivity index is 1.40. The van der Waals surface area contributed by atoms with Gasteiger partial charge in [0, 0.05) is 50.4 Å². The minimum Gasteiger partial charge on any atom is -0.381 e. The Bertz CT molecular complexity index is 1040. The molecule has 2 aliphatic rings. The maximum Gasteiger partial charge on any atom is 0.246 e. The predicted octanol–water partition coefficient (Wildman–Crippen LogP) is 5.03. The first-order valence-corrected chi connectivity index (χ1v) is 13.1. The predicted molar refractivity (Wildman–Crippen MR) is 139 cm³/mol. The summed E-state index contributed by atoms with van der Waals surface area (Å²) in [5.74, 6) is 0.283. The molecule has 0 bridgehead atoms. The molecule has 1 saturated heterocycles. The zero-order chi connectivity index (χ0) is 25.5. The van der Waals surface area contributed by atoms with Crippen molar-refractivity contribution in [1.82, 2.24) is 15.3 Å². The highest BCUT2D eigenvalue weighted by Crippen LogP contribution is 2.33. The molecular weight excluding hydrogens is 483 g/mol. The van der Waals surface area contributed by atoms with Crippen molar-refractivity contribution in [3.8, 4) is 11.3 Å². The van der Waals surface area contributed by atoms with Gasteiger partial charge in [-0.25, -0.2) is 9.37 Å². The number of methoxy groups -OCH3 is 1. The number of ether oxygens (including phenoxy) is 2. The van der Waals surface area contributed by atoms with E-state index < -0.39 is 0 Å². The molecule has 0 unspecified atom stereocenters. The minimum atomic E-state index is -0.380. The third-order valence-corrected chi connectivity index (χ3v) is 7.70. The van der Waals surface area contributed by atoms with Gasteiger partial charge in [0.25, 0.3) is 0 Å². The smallest absolute Gasteiger partial charge is 0.246 e. The van der Waals surface area contributed by atoms with E-state index in [0.717, 1.165) is 69.4 Å². The Morgan fingerprint density at radius 2 is 2.00 bits per heavy atom. The maximum atomic E-state index is 14.6. The number of aromatic nitrogens is 2. The van der Waals surface area contributed by atoms with Gasteiger partial charge in [-0.15, -0.1) is 0 Å². The van der Waals surface area contributed by atoms with Crippen molar-refractivity contribution in [2.75, 3.05) is 38.8 Å². The number of amides is 1. The summed E-state index contributed by atoms with van der Waals surface area (Å²) in [6, 6.07) is 5.27. The van der Waals surface area contributed by atoms with Crippen molar-refractivity contribution < 1.29 is 18.7 Å². The normalized spacial score (nSPS) is 21.7. The maximum absolute atomic E-state index is 14.6. The largest absolute Gasteiger partial charge is 0.381 e. The van der Waals surface area contributed by atoms with Crippen LogP contribution < -0.4 is 10.6 Å². The number of pyridine rings is 2. The summed E-state index contributed by atoms with van der Waals surface area (Å²) in [4.78, 5) is 20.9. The van der Waals surface area contributed by atoms with Gasteiger partial charge in [-0.05, 0) is 74.5 Å². The molecule has 1 amide bonds. The second-order valence-electron chi connectivity index (χ2n) is 10.4. The lowest BCUT2D eigenvalue weighted by molar-refractivity contribution is -0.125. The van der Waals surface area contributed by atoms with E-state index in [4.69, 9.17) is 21.1 Å². The minimum absolute atomic E-state index is 0.0510. The summed E-state index contributed by atoms with van der Waals surface area (Å²) in [6.45, 7) is 4.38. The van der Waals surface area contributed by atoms with Crippen molar-refractivity contribution in [2.24, 2.45) is 11.3 Å². The number of nitrogens with one attached hydrogen (secondary N) is 2. The van der Waals surface area contributed by atoms with Crippen LogP contribution in [0.25, 0.3) is 11.3 Å². The molecule has 1 saturated carbocycles. The van der Waals surface area contributed by atoms with Crippen LogP contribution in [-0.2, 0) is 20.7 Å². The average Bonchev–Trinajstić information content (AvgIpc) is 2.87. The number of carbonyl (C=O) groups is 1. The number of hydrogen-bond donors (Lipinski definition) is 2. The first-order valence-electron chi connectivity index (χ1n) is 12.8. The molecule has 2 N–H and O–H groups in total. The summed E-state index contributed by atoms with van der Waals surface area (Å²) in [7, 11) is 1.52. The van der Waals surface area contributed by atoms with E-state index in [-0.39, 0.29) is 35.6 Å². The summed E-state index contributed by atoms with van der Waals surface area (Å²) in [5.41, 5.74) is 2.36. The van der Waals surface area contributed by atoms with Crippen LogP contribution in [-0.4, -0.2) is 55.4 Å². The lowest BCUT2D eigenvalue weighted by atomic mass is 9.82. The summed E-state index contributed by atoms with van der Waals surface area (Å²) in [5, 5.41) is 6.75. The molecule has 2 fully saturated rings. The Morgan fingerprint density at radius 1 is 1.25 bits per heavy atom. The molecule has 0 spiro atoms. The highest BCUT2D eigenvalue weighted by molar-refractivity contribution is 6.33. The number of carbonyl (C=O) groups excluding carboxylic acids is 1. The Hall–Kier alpha value is -2.29. The van der Waals surface area contributed by atoms with E-state index in [1.54, 1.807) is 12.3 Å². The monoisotopic (exact) mass is 518 g/mol. The van der Waals surface area contributed by atoms with Crippen LogP contribution in [0.3, 0.4) is 0 Å². The van der Waals surface area contributed by atoms with Gasteiger partial charge < -0.3 is 20.1 Å². The van der Waals surface area contributed by atoms with Crippen molar-refractivity contribution in [3.05, 3.63) is 40.9 Å². The third kappa shape index (κ3) is 7.14. The molecule has 1 aliphatic carbocycles. The molecule has 1 aliphatic heterocycles. The van der Waals surface area contributed by atoms with Gasteiger partial charge in [0.05, 0.1) is 10.7 Å². The van der Waals surface area contributed by atoms with Crippen LogP contribution in [0, 0.1) is 17.2 Å². The molecule has 0 radical (unpaired) electrons. The Kier molecular flexibility index (Phi) is 9.14. The first-order chi connectivity index (χ1) is 17.3. The first kappa shape index (κ1) is 26.8. The third-order valence-electron chi connectivity index (χ3n) is 7.40.